The van der Waals surface area contributed by atoms with Gasteiger partial charge in [0, 0.05) is 24.2 Å². The van der Waals surface area contributed by atoms with Crippen molar-refractivity contribution >= 4 is 89.0 Å². The smallest absolute Gasteiger partial charge is 0.407 e. The Bertz CT molecular complexity index is 2030. The molecule has 0 bridgehead atoms. The second-order valence-electron chi connectivity index (χ2n) is 13.5. The minimum Gasteiger partial charge on any atom is -0.453 e. The van der Waals surface area contributed by atoms with Gasteiger partial charge in [-0.25, -0.2) is 19.6 Å². The molecule has 4 N–H and O–H groups in total. The summed E-state index contributed by atoms with van der Waals surface area (Å²) in [5.74, 6) is 7.45. The lowest BCUT2D eigenvalue weighted by molar-refractivity contribution is -0.135. The number of rotatable bonds is 8. The summed E-state index contributed by atoms with van der Waals surface area (Å²) in [7, 11) is 2.55. The van der Waals surface area contributed by atoms with Crippen LogP contribution in [0.15, 0.2) is 48.7 Å². The summed E-state index contributed by atoms with van der Waals surface area (Å²) in [6, 6.07) is 11.8. The number of aromatic amines is 2. The highest BCUT2D eigenvalue weighted by Crippen LogP contribution is 2.34. The number of nitrogens with zero attached hydrogens (tertiary/aromatic N) is 4. The van der Waals surface area contributed by atoms with E-state index in [9.17, 15) is 19.2 Å². The molecule has 6 rings (SSSR count). The van der Waals surface area contributed by atoms with E-state index in [1.54, 1.807) is 22.9 Å². The number of benzene rings is 2. The molecule has 0 radical (unpaired) electrons. The molecule has 0 unspecified atom stereocenters. The molecule has 2 saturated heterocycles. The minimum atomic E-state index is -0.715. The number of imidazole rings is 2. The summed E-state index contributed by atoms with van der Waals surface area (Å²) < 4.78 is 9.38. The molecule has 4 aromatic rings. The number of fused-ring (bicyclic) bond motifs is 1. The SMILES string of the molecule is COC(=O)N[C@@H](C)C(=O)N1CCC[C@H]1c1nc2ccc(C#Cc3ccc(-c4cnc([C@@H]5CCCN5C(=O)[C@@H](NC(=O)OC)C(C)C)[nH]4)cc3)cc2[nH]1.S.S.S.S. The van der Waals surface area contributed by atoms with Gasteiger partial charge in [0.15, 0.2) is 0 Å². The highest BCUT2D eigenvalue weighted by atomic mass is 32.1. The lowest BCUT2D eigenvalue weighted by Crippen LogP contribution is -2.51. The first-order valence-corrected chi connectivity index (χ1v) is 17.5. The van der Waals surface area contributed by atoms with Crippen molar-refractivity contribution in [2.75, 3.05) is 27.3 Å². The Balaban J connectivity index is 0.00000271. The molecule has 14 nitrogen and oxygen atoms in total. The van der Waals surface area contributed by atoms with Gasteiger partial charge in [0.1, 0.15) is 23.7 Å². The maximum Gasteiger partial charge on any atom is 0.407 e. The van der Waals surface area contributed by atoms with Crippen LogP contribution in [0.1, 0.15) is 81.3 Å². The van der Waals surface area contributed by atoms with Crippen molar-refractivity contribution in [3.63, 3.8) is 0 Å². The van der Waals surface area contributed by atoms with E-state index in [4.69, 9.17) is 9.72 Å². The van der Waals surface area contributed by atoms with E-state index in [0.29, 0.717) is 24.7 Å². The lowest BCUT2D eigenvalue weighted by Gasteiger charge is -2.30. The van der Waals surface area contributed by atoms with Crippen LogP contribution in [0.25, 0.3) is 22.3 Å². The topological polar surface area (TPSA) is 175 Å². The fraction of sp³-hybridized carbons (Fsp3) is 0.421. The van der Waals surface area contributed by atoms with E-state index in [-0.39, 0.29) is 83.8 Å². The van der Waals surface area contributed by atoms with Crippen LogP contribution in [0.2, 0.25) is 0 Å². The highest BCUT2D eigenvalue weighted by Gasteiger charge is 2.38. The van der Waals surface area contributed by atoms with Crippen molar-refractivity contribution in [2.24, 2.45) is 5.92 Å². The van der Waals surface area contributed by atoms with Gasteiger partial charge in [0.2, 0.25) is 11.8 Å². The van der Waals surface area contributed by atoms with Gasteiger partial charge in [-0.05, 0) is 74.4 Å². The van der Waals surface area contributed by atoms with Gasteiger partial charge in [0.05, 0.1) is 49.2 Å². The quantitative estimate of drug-likeness (QED) is 0.174. The van der Waals surface area contributed by atoms with Gasteiger partial charge in [-0.3, -0.25) is 9.59 Å². The molecule has 4 heterocycles. The normalized spacial score (nSPS) is 16.8. The first-order valence-electron chi connectivity index (χ1n) is 17.5. The monoisotopic (exact) mass is 844 g/mol. The molecule has 2 aliphatic heterocycles. The molecule has 4 amide bonds. The zero-order valence-corrected chi connectivity index (χ0v) is 36.0. The van der Waals surface area contributed by atoms with Gasteiger partial charge < -0.3 is 39.9 Å². The Hall–Kier alpha value is -4.44. The summed E-state index contributed by atoms with van der Waals surface area (Å²) in [5.41, 5.74) is 5.04. The molecular weight excluding hydrogens is 793 g/mol. The third-order valence-electron chi connectivity index (χ3n) is 9.63. The number of likely N-dealkylation sites (tertiary alicyclic amines) is 2. The van der Waals surface area contributed by atoms with Crippen LogP contribution < -0.4 is 10.6 Å². The molecule has 0 spiro atoms. The van der Waals surface area contributed by atoms with Crippen molar-refractivity contribution in [1.29, 1.82) is 0 Å². The van der Waals surface area contributed by atoms with Crippen LogP contribution in [0.4, 0.5) is 9.59 Å². The summed E-state index contributed by atoms with van der Waals surface area (Å²) in [5, 5.41) is 5.23. The Kier molecular flexibility index (Phi) is 18.1. The molecule has 18 heteroatoms. The third kappa shape index (κ3) is 10.7. The van der Waals surface area contributed by atoms with Crippen molar-refractivity contribution in [3.8, 4) is 23.1 Å². The van der Waals surface area contributed by atoms with Crippen molar-refractivity contribution < 1.29 is 28.7 Å². The zero-order chi connectivity index (χ0) is 36.9. The van der Waals surface area contributed by atoms with E-state index in [0.717, 1.165) is 59.1 Å². The molecule has 0 aliphatic carbocycles. The zero-order valence-electron chi connectivity index (χ0n) is 32.0. The number of H-pyrrole nitrogens is 2. The van der Waals surface area contributed by atoms with E-state index < -0.39 is 24.3 Å². The van der Waals surface area contributed by atoms with Crippen molar-refractivity contribution in [3.05, 3.63) is 71.4 Å². The maximum atomic E-state index is 13.5. The van der Waals surface area contributed by atoms with Crippen LogP contribution in [-0.4, -0.2) is 93.1 Å². The number of ether oxygens (including phenoxy) is 2. The number of hydrogen-bond donors (Lipinski definition) is 4. The molecule has 304 valence electrons. The Morgan fingerprint density at radius 1 is 0.768 bits per heavy atom. The predicted molar refractivity (Wildman–Crippen MR) is 234 cm³/mol. The number of alkyl carbamates (subject to hydrolysis) is 2. The Labute approximate surface area is 354 Å². The summed E-state index contributed by atoms with van der Waals surface area (Å²) >= 11 is 0. The number of carbonyl (C=O) groups is 4. The van der Waals surface area contributed by atoms with Gasteiger partial charge in [-0.2, -0.15) is 54.0 Å². The van der Waals surface area contributed by atoms with Crippen LogP contribution >= 0.6 is 54.0 Å². The molecule has 4 atom stereocenters. The van der Waals surface area contributed by atoms with Crippen LogP contribution in [0, 0.1) is 17.8 Å². The molecule has 2 fully saturated rings. The predicted octanol–water partition coefficient (Wildman–Crippen LogP) is 5.26. The van der Waals surface area contributed by atoms with Crippen LogP contribution in [0.5, 0.6) is 0 Å². The first-order chi connectivity index (χ1) is 25.1. The van der Waals surface area contributed by atoms with Gasteiger partial charge in [-0.15, -0.1) is 0 Å². The van der Waals surface area contributed by atoms with E-state index in [2.05, 4.69) is 42.2 Å². The summed E-state index contributed by atoms with van der Waals surface area (Å²) in [6.07, 6.45) is 3.73. The number of hydrogen-bond acceptors (Lipinski definition) is 8. The van der Waals surface area contributed by atoms with Crippen molar-refractivity contribution in [1.82, 2.24) is 40.4 Å². The number of amides is 4. The summed E-state index contributed by atoms with van der Waals surface area (Å²) in [4.78, 5) is 69.9. The molecular formula is C38H52N8O6S4. The fourth-order valence-corrected chi connectivity index (χ4v) is 6.85. The Morgan fingerprint density at radius 2 is 1.34 bits per heavy atom. The standard InChI is InChI=1S/C38H44N8O6.4H2S/c1-22(2)32(44-38(50)52-5)36(48)46-19-6-8-30(46)33-39-21-29(43-33)26-15-12-24(13-16-26)10-11-25-14-17-27-28(20-25)42-34(41-27)31-9-7-18-45(31)35(47)23(3)40-37(49)51-4;;;;/h12-17,20-23,30-32H,6-9,18-19H2,1-5H3,(H,39,43)(H,40,49)(H,41,42)(H,44,50);4*1H2/t23-,30-,31-,32-;;;;/m0..../s1. The average molecular weight is 845 g/mol. The maximum absolute atomic E-state index is 13.5. The number of nitrogens with one attached hydrogen (secondary N) is 4. The van der Waals surface area contributed by atoms with E-state index in [1.165, 1.54) is 14.2 Å². The van der Waals surface area contributed by atoms with E-state index >= 15 is 0 Å². The third-order valence-corrected chi connectivity index (χ3v) is 9.63. The number of aromatic nitrogens is 4. The number of carbonyl (C=O) groups excluding carboxylic acids is 4. The highest BCUT2D eigenvalue weighted by molar-refractivity contribution is 7.59. The number of methoxy groups -OCH3 is 2. The van der Waals surface area contributed by atoms with Gasteiger partial charge >= 0.3 is 12.2 Å². The second-order valence-corrected chi connectivity index (χ2v) is 13.5. The van der Waals surface area contributed by atoms with Gasteiger partial charge in [-0.1, -0.05) is 37.8 Å². The van der Waals surface area contributed by atoms with Crippen LogP contribution in [-0.2, 0) is 19.1 Å². The van der Waals surface area contributed by atoms with Crippen molar-refractivity contribution in [2.45, 2.75) is 70.6 Å². The molecule has 2 aromatic heterocycles. The minimum absolute atomic E-state index is 0. The molecule has 0 saturated carbocycles. The largest absolute Gasteiger partial charge is 0.453 e. The molecule has 2 aromatic carbocycles. The fourth-order valence-electron chi connectivity index (χ4n) is 6.85. The average Bonchev–Trinajstić information content (AvgIpc) is 3.98. The first kappa shape index (κ1) is 47.7. The molecule has 2 aliphatic rings. The van der Waals surface area contributed by atoms with Gasteiger partial charge in [0.25, 0.3) is 0 Å². The van der Waals surface area contributed by atoms with E-state index in [1.807, 2.05) is 56.3 Å². The lowest BCUT2D eigenvalue weighted by atomic mass is 10.0. The molecule has 56 heavy (non-hydrogen) atoms. The van der Waals surface area contributed by atoms with Crippen LogP contribution in [0.3, 0.4) is 0 Å². The Morgan fingerprint density at radius 3 is 1.96 bits per heavy atom. The second kappa shape index (κ2) is 21.2. The summed E-state index contributed by atoms with van der Waals surface area (Å²) in [6.45, 7) is 6.60.